The van der Waals surface area contributed by atoms with E-state index in [2.05, 4.69) is 42.1 Å². The van der Waals surface area contributed by atoms with Gasteiger partial charge in [-0.05, 0) is 25.0 Å². The number of esters is 1. The quantitative estimate of drug-likeness (QED) is 0.749. The molecule has 0 aromatic heterocycles. The first kappa shape index (κ1) is 14.7. The van der Waals surface area contributed by atoms with Crippen molar-refractivity contribution < 1.29 is 14.6 Å². The Morgan fingerprint density at radius 1 is 1.44 bits per heavy atom. The van der Waals surface area contributed by atoms with Crippen LogP contribution in [0.2, 0.25) is 0 Å². The maximum atomic E-state index is 10.9. The van der Waals surface area contributed by atoms with Gasteiger partial charge in [-0.15, -0.1) is 0 Å². The molecule has 0 aliphatic heterocycles. The first-order valence-corrected chi connectivity index (χ1v) is 6.04. The molecule has 18 heavy (non-hydrogen) atoms. The summed E-state index contributed by atoms with van der Waals surface area (Å²) in [5, 5.41) is 12.7. The van der Waals surface area contributed by atoms with E-state index in [1.807, 2.05) is 0 Å². The van der Waals surface area contributed by atoms with Crippen LogP contribution < -0.4 is 5.32 Å². The lowest BCUT2D eigenvalue weighted by molar-refractivity contribution is -0.142. The molecule has 1 atom stereocenters. The van der Waals surface area contributed by atoms with Crippen LogP contribution in [0.5, 0.6) is 0 Å². The monoisotopic (exact) mass is 251 g/mol. The van der Waals surface area contributed by atoms with Gasteiger partial charge in [0, 0.05) is 13.1 Å². The van der Waals surface area contributed by atoms with Gasteiger partial charge in [0.25, 0.3) is 0 Å². The zero-order valence-corrected chi connectivity index (χ0v) is 11.2. The topological polar surface area (TPSA) is 58.6 Å². The predicted octanol–water partition coefficient (Wildman–Crippen LogP) is 1.32. The molecule has 0 bridgehead atoms. The zero-order chi connectivity index (χ0) is 13.5. The van der Waals surface area contributed by atoms with E-state index in [1.165, 1.54) is 23.8 Å². The number of methoxy groups -OCH3 is 1. The van der Waals surface area contributed by atoms with E-state index in [0.29, 0.717) is 13.1 Å². The van der Waals surface area contributed by atoms with Gasteiger partial charge < -0.3 is 15.2 Å². The summed E-state index contributed by atoms with van der Waals surface area (Å²) in [6, 6.07) is 6.27. The maximum absolute atomic E-state index is 10.9. The zero-order valence-electron chi connectivity index (χ0n) is 11.2. The summed E-state index contributed by atoms with van der Waals surface area (Å²) < 4.78 is 4.49. The fraction of sp³-hybridized carbons (Fsp3) is 0.500. The van der Waals surface area contributed by atoms with E-state index < -0.39 is 12.1 Å². The van der Waals surface area contributed by atoms with Gasteiger partial charge >= 0.3 is 5.97 Å². The Kier molecular flexibility index (Phi) is 5.82. The Bertz CT molecular complexity index is 404. The number of carbonyl (C=O) groups is 1. The van der Waals surface area contributed by atoms with Crippen molar-refractivity contribution in [1.29, 1.82) is 0 Å². The minimum Gasteiger partial charge on any atom is -0.469 e. The highest BCUT2D eigenvalue weighted by Crippen LogP contribution is 2.10. The van der Waals surface area contributed by atoms with Crippen LogP contribution in [0.3, 0.4) is 0 Å². The predicted molar refractivity (Wildman–Crippen MR) is 70.3 cm³/mol. The van der Waals surface area contributed by atoms with E-state index in [9.17, 15) is 9.90 Å². The lowest BCUT2D eigenvalue weighted by atomic mass is 10.1. The third-order valence-corrected chi connectivity index (χ3v) is 2.82. The summed E-state index contributed by atoms with van der Waals surface area (Å²) in [5.41, 5.74) is 3.66. The van der Waals surface area contributed by atoms with Crippen molar-refractivity contribution in [3.63, 3.8) is 0 Å². The molecule has 4 heteroatoms. The van der Waals surface area contributed by atoms with Crippen LogP contribution in [-0.4, -0.2) is 30.8 Å². The molecular formula is C14H21NO3. The number of nitrogens with one attached hydrogen (secondary N) is 1. The number of aliphatic hydroxyl groups is 1. The lowest BCUT2D eigenvalue weighted by Gasteiger charge is -2.12. The van der Waals surface area contributed by atoms with E-state index in [-0.39, 0.29) is 6.42 Å². The molecular weight excluding hydrogens is 230 g/mol. The molecule has 0 amide bonds. The molecule has 4 nitrogen and oxygen atoms in total. The normalized spacial score (nSPS) is 12.2. The summed E-state index contributed by atoms with van der Waals surface area (Å²) in [5.74, 6) is -0.393. The molecule has 2 N–H and O–H groups in total. The van der Waals surface area contributed by atoms with Crippen molar-refractivity contribution in [2.75, 3.05) is 13.7 Å². The fourth-order valence-electron chi connectivity index (χ4n) is 1.77. The second-order valence-corrected chi connectivity index (χ2v) is 4.49. The van der Waals surface area contributed by atoms with E-state index in [1.54, 1.807) is 0 Å². The van der Waals surface area contributed by atoms with Crippen LogP contribution in [0.15, 0.2) is 18.2 Å². The summed E-state index contributed by atoms with van der Waals surface area (Å²) in [6.07, 6.45) is -0.681. The second-order valence-electron chi connectivity index (χ2n) is 4.49. The third-order valence-electron chi connectivity index (χ3n) is 2.82. The average Bonchev–Trinajstić information content (AvgIpc) is 2.31. The highest BCUT2D eigenvalue weighted by atomic mass is 16.5. The molecule has 1 unspecified atom stereocenters. The largest absolute Gasteiger partial charge is 0.469 e. The first-order chi connectivity index (χ1) is 8.52. The van der Waals surface area contributed by atoms with Gasteiger partial charge in [0.05, 0.1) is 19.6 Å². The Morgan fingerprint density at radius 3 is 2.78 bits per heavy atom. The van der Waals surface area contributed by atoms with Crippen LogP contribution >= 0.6 is 0 Å². The number of aliphatic hydroxyl groups excluding tert-OH is 1. The van der Waals surface area contributed by atoms with E-state index in [4.69, 9.17) is 0 Å². The van der Waals surface area contributed by atoms with Crippen molar-refractivity contribution >= 4 is 5.97 Å². The van der Waals surface area contributed by atoms with Crippen LogP contribution in [0.1, 0.15) is 23.1 Å². The molecule has 1 aromatic carbocycles. The Hall–Kier alpha value is -1.39. The first-order valence-electron chi connectivity index (χ1n) is 6.04. The highest BCUT2D eigenvalue weighted by Gasteiger charge is 2.10. The molecule has 0 radical (unpaired) electrons. The number of rotatable bonds is 6. The van der Waals surface area contributed by atoms with Crippen LogP contribution in [0, 0.1) is 13.8 Å². The van der Waals surface area contributed by atoms with Crippen molar-refractivity contribution in [1.82, 2.24) is 5.32 Å². The number of benzene rings is 1. The maximum Gasteiger partial charge on any atom is 0.308 e. The smallest absolute Gasteiger partial charge is 0.308 e. The number of aryl methyl sites for hydroxylation is 2. The average molecular weight is 251 g/mol. The number of ether oxygens (including phenoxy) is 1. The van der Waals surface area contributed by atoms with Gasteiger partial charge in [0.15, 0.2) is 0 Å². The van der Waals surface area contributed by atoms with Gasteiger partial charge in [0.1, 0.15) is 0 Å². The van der Waals surface area contributed by atoms with Crippen molar-refractivity contribution in [3.8, 4) is 0 Å². The van der Waals surface area contributed by atoms with E-state index in [0.717, 1.165) is 0 Å². The molecule has 100 valence electrons. The summed E-state index contributed by atoms with van der Waals surface area (Å²) in [7, 11) is 1.32. The standard InChI is InChI=1S/C14H21NO3/c1-10-4-5-12(11(2)6-10)8-15-9-13(16)7-14(17)18-3/h4-6,13,15-16H,7-9H2,1-3H3. The third kappa shape index (κ3) is 4.85. The highest BCUT2D eigenvalue weighted by molar-refractivity contribution is 5.69. The Morgan fingerprint density at radius 2 is 2.17 bits per heavy atom. The van der Waals surface area contributed by atoms with Crippen LogP contribution in [0.25, 0.3) is 0 Å². The van der Waals surface area contributed by atoms with Gasteiger partial charge in [-0.25, -0.2) is 0 Å². The minimum atomic E-state index is -0.705. The molecule has 1 aromatic rings. The van der Waals surface area contributed by atoms with Gasteiger partial charge in [0.2, 0.25) is 0 Å². The number of carbonyl (C=O) groups excluding carboxylic acids is 1. The van der Waals surface area contributed by atoms with Crippen LogP contribution in [0.4, 0.5) is 0 Å². The van der Waals surface area contributed by atoms with Crippen molar-refractivity contribution in [3.05, 3.63) is 34.9 Å². The molecule has 0 saturated heterocycles. The summed E-state index contributed by atoms with van der Waals surface area (Å²) in [6.45, 7) is 5.19. The molecule has 0 spiro atoms. The van der Waals surface area contributed by atoms with Crippen molar-refractivity contribution in [2.45, 2.75) is 32.9 Å². The second kappa shape index (κ2) is 7.13. The Balaban J connectivity index is 2.35. The number of hydrogen-bond donors (Lipinski definition) is 2. The van der Waals surface area contributed by atoms with Gasteiger partial charge in [-0.1, -0.05) is 23.8 Å². The van der Waals surface area contributed by atoms with Crippen LogP contribution in [-0.2, 0) is 16.1 Å². The summed E-state index contributed by atoms with van der Waals surface area (Å²) >= 11 is 0. The fourth-order valence-corrected chi connectivity index (χ4v) is 1.77. The van der Waals surface area contributed by atoms with Gasteiger partial charge in [-0.3, -0.25) is 4.79 Å². The summed E-state index contributed by atoms with van der Waals surface area (Å²) in [4.78, 5) is 10.9. The number of hydrogen-bond acceptors (Lipinski definition) is 4. The molecule has 0 saturated carbocycles. The van der Waals surface area contributed by atoms with Gasteiger partial charge in [-0.2, -0.15) is 0 Å². The molecule has 0 aliphatic carbocycles. The molecule has 1 rings (SSSR count). The van der Waals surface area contributed by atoms with E-state index >= 15 is 0 Å². The SMILES string of the molecule is COC(=O)CC(O)CNCc1ccc(C)cc1C. The Labute approximate surface area is 108 Å². The molecule has 0 heterocycles. The minimum absolute atomic E-state index is 0.0242. The lowest BCUT2D eigenvalue weighted by Crippen LogP contribution is -2.28. The molecule has 0 fully saturated rings. The molecule has 0 aliphatic rings. The van der Waals surface area contributed by atoms with Crippen molar-refractivity contribution in [2.24, 2.45) is 0 Å².